The first kappa shape index (κ1) is 15.0. The average molecular weight is 307 g/mol. The van der Waals surface area contributed by atoms with Gasteiger partial charge in [-0.25, -0.2) is 0 Å². The SMILES string of the molecule is Cc1cccc(NC(=O)c2cc(=O)c3cc(C)c(C)cc3o2)c1. The number of hydrogen-bond acceptors (Lipinski definition) is 3. The Balaban J connectivity index is 2.01. The van der Waals surface area contributed by atoms with Crippen molar-refractivity contribution in [2.45, 2.75) is 20.8 Å². The van der Waals surface area contributed by atoms with E-state index in [1.54, 1.807) is 18.2 Å². The van der Waals surface area contributed by atoms with Crippen LogP contribution in [0.25, 0.3) is 11.0 Å². The molecule has 1 N–H and O–H groups in total. The number of hydrogen-bond donors (Lipinski definition) is 1. The van der Waals surface area contributed by atoms with Gasteiger partial charge in [-0.05, 0) is 61.7 Å². The molecule has 0 aliphatic rings. The summed E-state index contributed by atoms with van der Waals surface area (Å²) < 4.78 is 5.63. The standard InChI is InChI=1S/C19H17NO3/c1-11-5-4-6-14(7-11)20-19(22)18-10-16(21)15-8-12(2)13(3)9-17(15)23-18/h4-10H,1-3H3,(H,20,22). The number of benzene rings is 2. The summed E-state index contributed by atoms with van der Waals surface area (Å²) in [4.78, 5) is 24.6. The number of rotatable bonds is 2. The molecule has 0 radical (unpaired) electrons. The fourth-order valence-electron chi connectivity index (χ4n) is 2.44. The molecule has 0 bridgehead atoms. The van der Waals surface area contributed by atoms with Gasteiger partial charge in [-0.2, -0.15) is 0 Å². The Bertz CT molecular complexity index is 970. The Morgan fingerprint density at radius 3 is 2.48 bits per heavy atom. The number of carbonyl (C=O) groups is 1. The van der Waals surface area contributed by atoms with E-state index in [9.17, 15) is 9.59 Å². The summed E-state index contributed by atoms with van der Waals surface area (Å²) in [5.74, 6) is -0.430. The van der Waals surface area contributed by atoms with Gasteiger partial charge in [-0.1, -0.05) is 12.1 Å². The largest absolute Gasteiger partial charge is 0.451 e. The van der Waals surface area contributed by atoms with E-state index in [4.69, 9.17) is 4.42 Å². The van der Waals surface area contributed by atoms with E-state index in [1.165, 1.54) is 6.07 Å². The lowest BCUT2D eigenvalue weighted by molar-refractivity contribution is 0.0997. The van der Waals surface area contributed by atoms with Crippen molar-refractivity contribution in [2.24, 2.45) is 0 Å². The van der Waals surface area contributed by atoms with Crippen molar-refractivity contribution in [2.75, 3.05) is 5.32 Å². The molecule has 0 spiro atoms. The molecule has 23 heavy (non-hydrogen) atoms. The first-order valence-corrected chi connectivity index (χ1v) is 7.37. The summed E-state index contributed by atoms with van der Waals surface area (Å²) in [5, 5.41) is 3.23. The number of amides is 1. The number of nitrogens with one attached hydrogen (secondary N) is 1. The van der Waals surface area contributed by atoms with Crippen molar-refractivity contribution < 1.29 is 9.21 Å². The van der Waals surface area contributed by atoms with Crippen molar-refractivity contribution >= 4 is 22.6 Å². The smallest absolute Gasteiger partial charge is 0.291 e. The molecule has 0 saturated carbocycles. The van der Waals surface area contributed by atoms with Gasteiger partial charge in [0.05, 0.1) is 5.39 Å². The van der Waals surface area contributed by atoms with E-state index in [-0.39, 0.29) is 11.2 Å². The summed E-state index contributed by atoms with van der Waals surface area (Å²) in [5.41, 5.74) is 3.93. The van der Waals surface area contributed by atoms with Crippen LogP contribution < -0.4 is 10.7 Å². The Hall–Kier alpha value is -2.88. The van der Waals surface area contributed by atoms with E-state index in [2.05, 4.69) is 5.32 Å². The van der Waals surface area contributed by atoms with Crippen molar-refractivity contribution in [3.8, 4) is 0 Å². The number of aryl methyl sites for hydroxylation is 3. The third-order valence-corrected chi connectivity index (χ3v) is 3.84. The number of carbonyl (C=O) groups excluding carboxylic acids is 1. The highest BCUT2D eigenvalue weighted by atomic mass is 16.3. The van der Waals surface area contributed by atoms with Crippen LogP contribution in [0.1, 0.15) is 27.2 Å². The second-order valence-corrected chi connectivity index (χ2v) is 5.73. The van der Waals surface area contributed by atoms with Gasteiger partial charge in [0, 0.05) is 11.8 Å². The van der Waals surface area contributed by atoms with Crippen LogP contribution >= 0.6 is 0 Å². The van der Waals surface area contributed by atoms with Crippen LogP contribution in [-0.2, 0) is 0 Å². The lowest BCUT2D eigenvalue weighted by atomic mass is 10.1. The highest BCUT2D eigenvalue weighted by Gasteiger charge is 2.13. The predicted molar refractivity (Wildman–Crippen MR) is 91.1 cm³/mol. The maximum Gasteiger partial charge on any atom is 0.291 e. The van der Waals surface area contributed by atoms with Crippen LogP contribution in [0.15, 0.2) is 51.7 Å². The second-order valence-electron chi connectivity index (χ2n) is 5.73. The lowest BCUT2D eigenvalue weighted by Crippen LogP contribution is -2.15. The Kier molecular flexibility index (Phi) is 3.74. The average Bonchev–Trinajstić information content (AvgIpc) is 2.49. The molecule has 0 atom stereocenters. The fraction of sp³-hybridized carbons (Fsp3) is 0.158. The van der Waals surface area contributed by atoms with Gasteiger partial charge >= 0.3 is 0 Å². The van der Waals surface area contributed by atoms with Crippen LogP contribution in [0.3, 0.4) is 0 Å². The molecule has 116 valence electrons. The summed E-state index contributed by atoms with van der Waals surface area (Å²) in [6, 6.07) is 12.3. The Labute approximate surface area is 133 Å². The molecule has 4 heteroatoms. The van der Waals surface area contributed by atoms with Gasteiger partial charge in [-0.15, -0.1) is 0 Å². The highest BCUT2D eigenvalue weighted by Crippen LogP contribution is 2.19. The van der Waals surface area contributed by atoms with E-state index in [0.29, 0.717) is 16.7 Å². The van der Waals surface area contributed by atoms with Gasteiger partial charge in [0.2, 0.25) is 0 Å². The van der Waals surface area contributed by atoms with Crippen molar-refractivity contribution in [1.82, 2.24) is 0 Å². The minimum Gasteiger partial charge on any atom is -0.451 e. The molecule has 4 nitrogen and oxygen atoms in total. The van der Waals surface area contributed by atoms with Crippen LogP contribution in [0.4, 0.5) is 5.69 Å². The molecular formula is C19H17NO3. The zero-order chi connectivity index (χ0) is 16.6. The van der Waals surface area contributed by atoms with Crippen LogP contribution in [0.2, 0.25) is 0 Å². The predicted octanol–water partition coefficient (Wildman–Crippen LogP) is 3.97. The van der Waals surface area contributed by atoms with E-state index in [0.717, 1.165) is 16.7 Å². The molecule has 2 aromatic carbocycles. The zero-order valence-corrected chi connectivity index (χ0v) is 13.3. The monoisotopic (exact) mass is 307 g/mol. The molecular weight excluding hydrogens is 290 g/mol. The van der Waals surface area contributed by atoms with Crippen molar-refractivity contribution in [3.05, 3.63) is 75.1 Å². The van der Waals surface area contributed by atoms with Crippen LogP contribution in [0.5, 0.6) is 0 Å². The van der Waals surface area contributed by atoms with Crippen LogP contribution in [-0.4, -0.2) is 5.91 Å². The van der Waals surface area contributed by atoms with Gasteiger partial charge in [-0.3, -0.25) is 9.59 Å². The minimum atomic E-state index is -0.437. The first-order chi connectivity index (χ1) is 10.9. The Morgan fingerprint density at radius 1 is 1.00 bits per heavy atom. The van der Waals surface area contributed by atoms with Gasteiger partial charge in [0.25, 0.3) is 5.91 Å². The molecule has 0 fully saturated rings. The fourth-order valence-corrected chi connectivity index (χ4v) is 2.44. The van der Waals surface area contributed by atoms with Gasteiger partial charge in [0.1, 0.15) is 5.58 Å². The minimum absolute atomic E-state index is 0.00672. The number of fused-ring (bicyclic) bond motifs is 1. The Morgan fingerprint density at radius 2 is 1.74 bits per heavy atom. The summed E-state index contributed by atoms with van der Waals surface area (Å²) in [7, 11) is 0. The van der Waals surface area contributed by atoms with Gasteiger partial charge < -0.3 is 9.73 Å². The van der Waals surface area contributed by atoms with E-state index >= 15 is 0 Å². The highest BCUT2D eigenvalue weighted by molar-refractivity contribution is 6.03. The second kappa shape index (κ2) is 5.72. The lowest BCUT2D eigenvalue weighted by Gasteiger charge is -2.07. The molecule has 0 aliphatic heterocycles. The third kappa shape index (κ3) is 3.01. The molecule has 3 rings (SSSR count). The molecule has 0 unspecified atom stereocenters. The first-order valence-electron chi connectivity index (χ1n) is 7.37. The normalized spacial score (nSPS) is 10.7. The quantitative estimate of drug-likeness (QED) is 0.779. The van der Waals surface area contributed by atoms with Crippen molar-refractivity contribution in [3.63, 3.8) is 0 Å². The molecule has 3 aromatic rings. The summed E-state index contributed by atoms with van der Waals surface area (Å²) in [6.45, 7) is 5.82. The molecule has 1 heterocycles. The summed E-state index contributed by atoms with van der Waals surface area (Å²) in [6.07, 6.45) is 0. The number of anilines is 1. The molecule has 0 aliphatic carbocycles. The van der Waals surface area contributed by atoms with Gasteiger partial charge in [0.15, 0.2) is 11.2 Å². The topological polar surface area (TPSA) is 59.3 Å². The molecule has 0 saturated heterocycles. The maximum absolute atomic E-state index is 12.3. The maximum atomic E-state index is 12.3. The molecule has 1 amide bonds. The molecule has 1 aromatic heterocycles. The van der Waals surface area contributed by atoms with Crippen molar-refractivity contribution in [1.29, 1.82) is 0 Å². The zero-order valence-electron chi connectivity index (χ0n) is 13.3. The third-order valence-electron chi connectivity index (χ3n) is 3.84. The van der Waals surface area contributed by atoms with E-state index < -0.39 is 5.91 Å². The van der Waals surface area contributed by atoms with Crippen LogP contribution in [0, 0.1) is 20.8 Å². The summed E-state index contributed by atoms with van der Waals surface area (Å²) >= 11 is 0. The van der Waals surface area contributed by atoms with E-state index in [1.807, 2.05) is 39.0 Å².